The van der Waals surface area contributed by atoms with Crippen molar-refractivity contribution >= 4 is 34.9 Å². The van der Waals surface area contributed by atoms with Crippen LogP contribution in [0.2, 0.25) is 0 Å². The van der Waals surface area contributed by atoms with Crippen LogP contribution in [-0.4, -0.2) is 40.4 Å². The van der Waals surface area contributed by atoms with Gasteiger partial charge < -0.3 is 15.2 Å². The second-order valence-electron chi connectivity index (χ2n) is 6.98. The molecule has 2 N–H and O–H groups in total. The van der Waals surface area contributed by atoms with Crippen LogP contribution in [0.15, 0.2) is 59.9 Å². The molecule has 1 aromatic heterocycles. The maximum atomic E-state index is 12.6. The molecule has 0 radical (unpaired) electrons. The summed E-state index contributed by atoms with van der Waals surface area (Å²) < 4.78 is 1.68. The van der Waals surface area contributed by atoms with Crippen LogP contribution in [0.25, 0.3) is 10.9 Å². The number of carbonyl (C=O) groups is 2. The van der Waals surface area contributed by atoms with Crippen molar-refractivity contribution in [1.29, 1.82) is 0 Å². The van der Waals surface area contributed by atoms with Crippen molar-refractivity contribution < 1.29 is 9.59 Å². The SMILES string of the molecule is C=CCn1c(=S)[nH]c2cc(C(=O)NCc3cccc(C(=O)N(C)C)c3)ccc2c1=O. The van der Waals surface area contributed by atoms with E-state index >= 15 is 0 Å². The van der Waals surface area contributed by atoms with Crippen LogP contribution < -0.4 is 10.9 Å². The number of nitrogens with one attached hydrogen (secondary N) is 2. The molecule has 3 aromatic rings. The second kappa shape index (κ2) is 8.87. The van der Waals surface area contributed by atoms with Crippen LogP contribution in [0.5, 0.6) is 0 Å². The topological polar surface area (TPSA) is 87.2 Å². The molecule has 154 valence electrons. The van der Waals surface area contributed by atoms with E-state index in [9.17, 15) is 14.4 Å². The van der Waals surface area contributed by atoms with Crippen molar-refractivity contribution in [1.82, 2.24) is 19.8 Å². The fourth-order valence-corrected chi connectivity index (χ4v) is 3.31. The standard InChI is InChI=1S/C22H22N4O3S/c1-4-10-26-21(29)17-9-8-15(12-18(17)24-22(26)30)19(27)23-13-14-6-5-7-16(11-14)20(28)25(2)3/h4-9,11-12H,1,10,13H2,2-3H3,(H,23,27)(H,24,30). The van der Waals surface area contributed by atoms with Gasteiger partial charge in [-0.3, -0.25) is 19.0 Å². The summed E-state index contributed by atoms with van der Waals surface area (Å²) in [5.74, 6) is -0.397. The molecule has 0 spiro atoms. The van der Waals surface area contributed by atoms with Crippen LogP contribution in [-0.2, 0) is 13.1 Å². The van der Waals surface area contributed by atoms with Gasteiger partial charge in [0.25, 0.3) is 17.4 Å². The van der Waals surface area contributed by atoms with E-state index in [0.717, 1.165) is 5.56 Å². The Bertz CT molecular complexity index is 1260. The zero-order valence-corrected chi connectivity index (χ0v) is 17.6. The molecule has 0 saturated carbocycles. The molecule has 0 unspecified atom stereocenters. The van der Waals surface area contributed by atoms with E-state index in [4.69, 9.17) is 12.2 Å². The number of carbonyl (C=O) groups excluding carboxylic acids is 2. The highest BCUT2D eigenvalue weighted by Crippen LogP contribution is 2.12. The zero-order chi connectivity index (χ0) is 21.8. The van der Waals surface area contributed by atoms with E-state index in [1.54, 1.807) is 56.6 Å². The van der Waals surface area contributed by atoms with Crippen molar-refractivity contribution in [2.45, 2.75) is 13.1 Å². The van der Waals surface area contributed by atoms with Crippen molar-refractivity contribution in [2.24, 2.45) is 0 Å². The number of aromatic nitrogens is 2. The van der Waals surface area contributed by atoms with E-state index in [2.05, 4.69) is 16.9 Å². The lowest BCUT2D eigenvalue weighted by Crippen LogP contribution is -2.25. The van der Waals surface area contributed by atoms with Gasteiger partial charge in [-0.05, 0) is 48.1 Å². The average Bonchev–Trinajstić information content (AvgIpc) is 2.74. The lowest BCUT2D eigenvalue weighted by Gasteiger charge is -2.12. The van der Waals surface area contributed by atoms with Crippen molar-refractivity contribution in [3.05, 3.63) is 86.9 Å². The molecule has 8 heteroatoms. The Morgan fingerprint density at radius 1 is 1.20 bits per heavy atom. The van der Waals surface area contributed by atoms with Gasteiger partial charge in [0.05, 0.1) is 10.9 Å². The van der Waals surface area contributed by atoms with Gasteiger partial charge in [0.2, 0.25) is 0 Å². The molecule has 0 fully saturated rings. The smallest absolute Gasteiger partial charge is 0.262 e. The van der Waals surface area contributed by atoms with Gasteiger partial charge in [-0.25, -0.2) is 0 Å². The number of hydrogen-bond donors (Lipinski definition) is 2. The van der Waals surface area contributed by atoms with Gasteiger partial charge in [0.1, 0.15) is 0 Å². The van der Waals surface area contributed by atoms with Crippen molar-refractivity contribution in [3.8, 4) is 0 Å². The summed E-state index contributed by atoms with van der Waals surface area (Å²) >= 11 is 5.24. The van der Waals surface area contributed by atoms with E-state index in [1.165, 1.54) is 9.47 Å². The minimum atomic E-state index is -0.296. The Hall–Kier alpha value is -3.52. The first-order valence-electron chi connectivity index (χ1n) is 9.28. The average molecular weight is 423 g/mol. The third-order valence-electron chi connectivity index (χ3n) is 4.59. The normalized spacial score (nSPS) is 10.6. The van der Waals surface area contributed by atoms with Crippen LogP contribution in [0.3, 0.4) is 0 Å². The predicted octanol–water partition coefficient (Wildman–Crippen LogP) is 2.88. The van der Waals surface area contributed by atoms with E-state index in [-0.39, 0.29) is 28.7 Å². The molecule has 0 bridgehead atoms. The summed E-state index contributed by atoms with van der Waals surface area (Å²) in [5.41, 5.74) is 2.03. The van der Waals surface area contributed by atoms with Crippen LogP contribution in [0.1, 0.15) is 26.3 Å². The van der Waals surface area contributed by atoms with E-state index in [0.29, 0.717) is 28.6 Å². The Labute approximate surface area is 178 Å². The molecule has 2 aromatic carbocycles. The molecule has 0 aliphatic heterocycles. The van der Waals surface area contributed by atoms with Crippen LogP contribution in [0.4, 0.5) is 0 Å². The lowest BCUT2D eigenvalue weighted by molar-refractivity contribution is 0.0827. The Balaban J connectivity index is 1.81. The van der Waals surface area contributed by atoms with Crippen molar-refractivity contribution in [2.75, 3.05) is 14.1 Å². The van der Waals surface area contributed by atoms with Gasteiger partial charge in [-0.2, -0.15) is 0 Å². The van der Waals surface area contributed by atoms with Crippen molar-refractivity contribution in [3.63, 3.8) is 0 Å². The number of hydrogen-bond acceptors (Lipinski definition) is 4. The summed E-state index contributed by atoms with van der Waals surface area (Å²) in [7, 11) is 3.38. The molecular weight excluding hydrogens is 400 g/mol. The van der Waals surface area contributed by atoms with Gasteiger partial charge in [0, 0.05) is 38.3 Å². The fraction of sp³-hybridized carbons (Fsp3) is 0.182. The largest absolute Gasteiger partial charge is 0.348 e. The molecule has 2 amide bonds. The number of benzene rings is 2. The number of rotatable bonds is 6. The first-order valence-corrected chi connectivity index (χ1v) is 9.69. The summed E-state index contributed by atoms with van der Waals surface area (Å²) in [4.78, 5) is 41.8. The maximum Gasteiger partial charge on any atom is 0.262 e. The van der Waals surface area contributed by atoms with Gasteiger partial charge in [-0.15, -0.1) is 6.58 Å². The van der Waals surface area contributed by atoms with E-state index in [1.807, 2.05) is 6.07 Å². The van der Waals surface area contributed by atoms with Gasteiger partial charge >= 0.3 is 0 Å². The van der Waals surface area contributed by atoms with Crippen LogP contribution >= 0.6 is 12.2 Å². The number of fused-ring (bicyclic) bond motifs is 1. The van der Waals surface area contributed by atoms with E-state index < -0.39 is 0 Å². The molecule has 30 heavy (non-hydrogen) atoms. The highest BCUT2D eigenvalue weighted by molar-refractivity contribution is 7.71. The summed E-state index contributed by atoms with van der Waals surface area (Å²) in [6.07, 6.45) is 1.60. The Kier molecular flexibility index (Phi) is 6.27. The monoisotopic (exact) mass is 422 g/mol. The van der Waals surface area contributed by atoms with Gasteiger partial charge in [-0.1, -0.05) is 18.2 Å². The minimum Gasteiger partial charge on any atom is -0.348 e. The number of nitrogens with zero attached hydrogens (tertiary/aromatic N) is 2. The zero-order valence-electron chi connectivity index (χ0n) is 16.8. The summed E-state index contributed by atoms with van der Waals surface area (Å²) in [6.45, 7) is 4.20. The Morgan fingerprint density at radius 3 is 2.67 bits per heavy atom. The fourth-order valence-electron chi connectivity index (χ4n) is 3.05. The number of aromatic amines is 1. The quantitative estimate of drug-likeness (QED) is 0.472. The number of allylic oxidation sites excluding steroid dienone is 1. The number of H-pyrrole nitrogens is 1. The molecule has 0 atom stereocenters. The Morgan fingerprint density at radius 2 is 1.97 bits per heavy atom. The number of amides is 2. The molecule has 0 aliphatic carbocycles. The highest BCUT2D eigenvalue weighted by atomic mass is 32.1. The summed E-state index contributed by atoms with van der Waals surface area (Å²) in [6, 6.07) is 11.9. The predicted molar refractivity (Wildman–Crippen MR) is 119 cm³/mol. The summed E-state index contributed by atoms with van der Waals surface area (Å²) in [5, 5.41) is 3.28. The molecule has 7 nitrogen and oxygen atoms in total. The maximum absolute atomic E-state index is 12.6. The van der Waals surface area contributed by atoms with Crippen LogP contribution in [0, 0.1) is 4.77 Å². The molecule has 0 aliphatic rings. The first-order chi connectivity index (χ1) is 14.3. The lowest BCUT2D eigenvalue weighted by atomic mass is 10.1. The first kappa shape index (κ1) is 21.2. The molecule has 3 rings (SSSR count). The minimum absolute atomic E-state index is 0.102. The second-order valence-corrected chi connectivity index (χ2v) is 7.36. The highest BCUT2D eigenvalue weighted by Gasteiger charge is 2.11. The van der Waals surface area contributed by atoms with Gasteiger partial charge in [0.15, 0.2) is 4.77 Å². The third-order valence-corrected chi connectivity index (χ3v) is 4.91. The molecule has 0 saturated heterocycles. The molecule has 1 heterocycles. The molecular formula is C22H22N4O3S. The third kappa shape index (κ3) is 4.38.